The zero-order chi connectivity index (χ0) is 10.7. The van der Waals surface area contributed by atoms with E-state index in [1.165, 1.54) is 0 Å². The second-order valence-electron chi connectivity index (χ2n) is 3.05. The number of benzene rings is 1. The predicted molar refractivity (Wildman–Crippen MR) is 58.9 cm³/mol. The molecule has 0 unspecified atom stereocenters. The van der Waals surface area contributed by atoms with Gasteiger partial charge in [-0.3, -0.25) is 0 Å². The minimum absolute atomic E-state index is 0.360. The summed E-state index contributed by atoms with van der Waals surface area (Å²) in [4.78, 5) is 0. The molecule has 3 nitrogen and oxygen atoms in total. The largest absolute Gasteiger partial charge is 0.483 e. The molecular formula is C11H10ClNO2. The Balaban J connectivity index is 2.05. The van der Waals surface area contributed by atoms with Gasteiger partial charge in [0.15, 0.2) is 0 Å². The van der Waals surface area contributed by atoms with E-state index in [4.69, 9.17) is 26.5 Å². The zero-order valence-corrected chi connectivity index (χ0v) is 8.70. The van der Waals surface area contributed by atoms with Gasteiger partial charge in [0.1, 0.15) is 18.1 Å². The molecule has 1 aromatic carbocycles. The number of nitrogen functional groups attached to an aromatic ring is 1. The van der Waals surface area contributed by atoms with Gasteiger partial charge in [-0.1, -0.05) is 11.6 Å². The molecule has 0 saturated carbocycles. The van der Waals surface area contributed by atoms with Crippen molar-refractivity contribution in [1.82, 2.24) is 0 Å². The molecule has 0 spiro atoms. The molecule has 0 atom stereocenters. The van der Waals surface area contributed by atoms with Crippen LogP contribution in [0.25, 0.3) is 0 Å². The van der Waals surface area contributed by atoms with Crippen LogP contribution in [0.5, 0.6) is 5.75 Å². The Hall–Kier alpha value is -1.61. The number of hydrogen-bond donors (Lipinski definition) is 1. The van der Waals surface area contributed by atoms with Crippen molar-refractivity contribution in [2.75, 3.05) is 5.73 Å². The molecule has 1 aromatic heterocycles. The van der Waals surface area contributed by atoms with Gasteiger partial charge in [0.2, 0.25) is 0 Å². The Kier molecular flexibility index (Phi) is 2.83. The second kappa shape index (κ2) is 4.28. The number of rotatable bonds is 3. The lowest BCUT2D eigenvalue weighted by Crippen LogP contribution is -1.97. The summed E-state index contributed by atoms with van der Waals surface area (Å²) in [5, 5.41) is 0.595. The van der Waals surface area contributed by atoms with E-state index in [2.05, 4.69) is 0 Å². The van der Waals surface area contributed by atoms with Gasteiger partial charge in [0.25, 0.3) is 0 Å². The lowest BCUT2D eigenvalue weighted by atomic mass is 10.3. The molecule has 2 N–H and O–H groups in total. The van der Waals surface area contributed by atoms with Crippen LogP contribution in [0, 0.1) is 0 Å². The highest BCUT2D eigenvalue weighted by molar-refractivity contribution is 6.30. The third-order valence-corrected chi connectivity index (χ3v) is 2.16. The first-order valence-electron chi connectivity index (χ1n) is 4.46. The summed E-state index contributed by atoms with van der Waals surface area (Å²) >= 11 is 5.76. The molecule has 0 aliphatic rings. The molecule has 0 aliphatic carbocycles. The topological polar surface area (TPSA) is 48.4 Å². The van der Waals surface area contributed by atoms with Crippen LogP contribution in [0.2, 0.25) is 5.02 Å². The van der Waals surface area contributed by atoms with Crippen molar-refractivity contribution in [3.05, 3.63) is 47.4 Å². The average molecular weight is 224 g/mol. The van der Waals surface area contributed by atoms with E-state index < -0.39 is 0 Å². The number of anilines is 1. The van der Waals surface area contributed by atoms with Gasteiger partial charge < -0.3 is 14.9 Å². The van der Waals surface area contributed by atoms with Crippen LogP contribution in [0.3, 0.4) is 0 Å². The quantitative estimate of drug-likeness (QED) is 0.814. The Bertz CT molecular complexity index is 440. The molecular weight excluding hydrogens is 214 g/mol. The minimum atomic E-state index is 0.360. The van der Waals surface area contributed by atoms with Crippen molar-refractivity contribution in [2.24, 2.45) is 0 Å². The van der Waals surface area contributed by atoms with Crippen molar-refractivity contribution in [1.29, 1.82) is 0 Å². The van der Waals surface area contributed by atoms with Crippen molar-refractivity contribution >= 4 is 17.3 Å². The van der Waals surface area contributed by atoms with Gasteiger partial charge in [0.05, 0.1) is 12.0 Å². The molecule has 0 saturated heterocycles. The smallest absolute Gasteiger partial charge is 0.146 e. The van der Waals surface area contributed by atoms with Crippen molar-refractivity contribution < 1.29 is 9.15 Å². The first-order chi connectivity index (χ1) is 7.25. The summed E-state index contributed by atoms with van der Waals surface area (Å²) in [6.45, 7) is 0.360. The SMILES string of the molecule is Nc1cc(Cl)ccc1OCc1ccco1. The van der Waals surface area contributed by atoms with Crippen LogP contribution in [0.15, 0.2) is 41.0 Å². The molecule has 0 aliphatic heterocycles. The maximum absolute atomic E-state index is 5.76. The third-order valence-electron chi connectivity index (χ3n) is 1.92. The van der Waals surface area contributed by atoms with Gasteiger partial charge in [0, 0.05) is 5.02 Å². The monoisotopic (exact) mass is 223 g/mol. The van der Waals surface area contributed by atoms with Gasteiger partial charge in [-0.2, -0.15) is 0 Å². The molecule has 78 valence electrons. The van der Waals surface area contributed by atoms with Crippen LogP contribution in [-0.2, 0) is 6.61 Å². The highest BCUT2D eigenvalue weighted by atomic mass is 35.5. The Labute approximate surface area is 92.4 Å². The van der Waals surface area contributed by atoms with E-state index in [0.717, 1.165) is 5.76 Å². The van der Waals surface area contributed by atoms with Crippen molar-refractivity contribution in [3.8, 4) is 5.75 Å². The normalized spacial score (nSPS) is 10.2. The fourth-order valence-electron chi connectivity index (χ4n) is 1.19. The summed E-state index contributed by atoms with van der Waals surface area (Å²) in [6, 6.07) is 8.77. The number of furan rings is 1. The van der Waals surface area contributed by atoms with Gasteiger partial charge >= 0.3 is 0 Å². The third kappa shape index (κ3) is 2.44. The van der Waals surface area contributed by atoms with Crippen molar-refractivity contribution in [3.63, 3.8) is 0 Å². The fourth-order valence-corrected chi connectivity index (χ4v) is 1.37. The molecule has 15 heavy (non-hydrogen) atoms. The average Bonchev–Trinajstić information content (AvgIpc) is 2.69. The number of nitrogens with two attached hydrogens (primary N) is 1. The standard InChI is InChI=1S/C11H10ClNO2/c12-8-3-4-11(10(13)6-8)15-7-9-2-1-5-14-9/h1-6H,7,13H2. The molecule has 0 bridgehead atoms. The highest BCUT2D eigenvalue weighted by Crippen LogP contribution is 2.25. The molecule has 1 heterocycles. The summed E-state index contributed by atoms with van der Waals surface area (Å²) in [6.07, 6.45) is 1.60. The van der Waals surface area contributed by atoms with Crippen LogP contribution in [-0.4, -0.2) is 0 Å². The summed E-state index contributed by atoms with van der Waals surface area (Å²) in [7, 11) is 0. The maximum atomic E-state index is 5.76. The maximum Gasteiger partial charge on any atom is 0.146 e. The second-order valence-corrected chi connectivity index (χ2v) is 3.49. The highest BCUT2D eigenvalue weighted by Gasteiger charge is 2.02. The summed E-state index contributed by atoms with van der Waals surface area (Å²) < 4.78 is 10.6. The first-order valence-corrected chi connectivity index (χ1v) is 4.84. The molecule has 2 rings (SSSR count). The van der Waals surface area contributed by atoms with Crippen LogP contribution in [0.1, 0.15) is 5.76 Å². The van der Waals surface area contributed by atoms with E-state index in [-0.39, 0.29) is 0 Å². The molecule has 0 fully saturated rings. The van der Waals surface area contributed by atoms with Crippen LogP contribution < -0.4 is 10.5 Å². The van der Waals surface area contributed by atoms with Crippen LogP contribution in [0.4, 0.5) is 5.69 Å². The Morgan fingerprint density at radius 3 is 2.87 bits per heavy atom. The van der Waals surface area contributed by atoms with E-state index in [1.54, 1.807) is 24.5 Å². The lowest BCUT2D eigenvalue weighted by molar-refractivity contribution is 0.271. The van der Waals surface area contributed by atoms with Gasteiger partial charge in [-0.25, -0.2) is 0 Å². The number of hydrogen-bond acceptors (Lipinski definition) is 3. The molecule has 4 heteroatoms. The zero-order valence-electron chi connectivity index (χ0n) is 7.94. The van der Waals surface area contributed by atoms with Gasteiger partial charge in [-0.15, -0.1) is 0 Å². The first kappa shape index (κ1) is 9.93. The summed E-state index contributed by atoms with van der Waals surface area (Å²) in [5.74, 6) is 1.36. The molecule has 0 amide bonds. The fraction of sp³-hybridized carbons (Fsp3) is 0.0909. The molecule has 0 radical (unpaired) electrons. The number of halogens is 1. The van der Waals surface area contributed by atoms with E-state index in [9.17, 15) is 0 Å². The predicted octanol–water partition coefficient (Wildman–Crippen LogP) is 3.09. The minimum Gasteiger partial charge on any atom is -0.483 e. The van der Waals surface area contributed by atoms with E-state index in [0.29, 0.717) is 23.1 Å². The summed E-state index contributed by atoms with van der Waals surface area (Å²) in [5.41, 5.74) is 6.24. The number of ether oxygens (including phenoxy) is 1. The van der Waals surface area contributed by atoms with E-state index >= 15 is 0 Å². The van der Waals surface area contributed by atoms with E-state index in [1.807, 2.05) is 12.1 Å². The van der Waals surface area contributed by atoms with Crippen LogP contribution >= 0.6 is 11.6 Å². The van der Waals surface area contributed by atoms with Crippen molar-refractivity contribution in [2.45, 2.75) is 6.61 Å². The van der Waals surface area contributed by atoms with Gasteiger partial charge in [-0.05, 0) is 30.3 Å². The Morgan fingerprint density at radius 1 is 1.33 bits per heavy atom. The lowest BCUT2D eigenvalue weighted by Gasteiger charge is -2.07. The molecule has 2 aromatic rings. The Morgan fingerprint density at radius 2 is 2.20 bits per heavy atom.